The summed E-state index contributed by atoms with van der Waals surface area (Å²) in [6.45, 7) is 2.28. The van der Waals surface area contributed by atoms with Crippen LogP contribution in [-0.4, -0.2) is 21.9 Å². The van der Waals surface area contributed by atoms with Crippen LogP contribution >= 0.6 is 23.2 Å². The highest BCUT2D eigenvalue weighted by Gasteiger charge is 2.09. The van der Waals surface area contributed by atoms with Crippen molar-refractivity contribution in [3.05, 3.63) is 87.7 Å². The third kappa shape index (κ3) is 5.74. The number of nitrogens with zero attached hydrogens (tertiary/aromatic N) is 1. The number of fused-ring (bicyclic) bond motifs is 1. The van der Waals surface area contributed by atoms with Crippen LogP contribution in [0.3, 0.4) is 0 Å². The largest absolute Gasteiger partial charge is 0.486 e. The van der Waals surface area contributed by atoms with Gasteiger partial charge in [0, 0.05) is 11.3 Å². The van der Waals surface area contributed by atoms with Crippen molar-refractivity contribution in [1.29, 1.82) is 0 Å². The van der Waals surface area contributed by atoms with E-state index in [2.05, 4.69) is 26.1 Å². The van der Waals surface area contributed by atoms with Gasteiger partial charge in [-0.05, 0) is 67.1 Å². The van der Waals surface area contributed by atoms with Crippen molar-refractivity contribution in [1.82, 2.24) is 20.8 Å². The molecule has 3 aromatic carbocycles. The summed E-state index contributed by atoms with van der Waals surface area (Å²) in [5.41, 5.74) is 8.35. The molecule has 0 saturated carbocycles. The number of H-pyrrole nitrogens is 1. The Labute approximate surface area is 199 Å². The quantitative estimate of drug-likeness (QED) is 0.291. The number of imidazole rings is 1. The van der Waals surface area contributed by atoms with Crippen molar-refractivity contribution in [3.8, 4) is 5.75 Å². The molecule has 4 rings (SSSR count). The summed E-state index contributed by atoms with van der Waals surface area (Å²) in [5.74, 6) is 0.793. The second kappa shape index (κ2) is 9.81. The molecule has 3 amide bonds. The number of hydrogen-bond acceptors (Lipinski definition) is 4. The number of carbonyl (C=O) groups is 2. The van der Waals surface area contributed by atoms with Crippen molar-refractivity contribution >= 4 is 51.9 Å². The lowest BCUT2D eigenvalue weighted by Gasteiger charge is -2.10. The number of hydrogen-bond donors (Lipinski definition) is 4. The zero-order valence-electron chi connectivity index (χ0n) is 17.4. The third-order valence-electron chi connectivity index (χ3n) is 4.65. The fourth-order valence-corrected chi connectivity index (χ4v) is 3.32. The summed E-state index contributed by atoms with van der Waals surface area (Å²) in [7, 11) is 0. The highest BCUT2D eigenvalue weighted by molar-refractivity contribution is 6.42. The summed E-state index contributed by atoms with van der Waals surface area (Å²) < 4.78 is 5.74. The number of benzene rings is 3. The number of halogens is 2. The Bertz CT molecular complexity index is 1320. The van der Waals surface area contributed by atoms with Crippen LogP contribution in [-0.2, 0) is 6.61 Å². The lowest BCUT2D eigenvalue weighted by molar-refractivity contribution is 0.0938. The summed E-state index contributed by atoms with van der Waals surface area (Å²) in [4.78, 5) is 31.9. The highest BCUT2D eigenvalue weighted by Crippen LogP contribution is 2.24. The number of rotatable bonds is 5. The molecule has 0 atom stereocenters. The van der Waals surface area contributed by atoms with Gasteiger partial charge in [-0.3, -0.25) is 10.2 Å². The molecule has 0 radical (unpaired) electrons. The van der Waals surface area contributed by atoms with E-state index < -0.39 is 11.9 Å². The van der Waals surface area contributed by atoms with E-state index in [4.69, 9.17) is 27.9 Å². The number of carbonyl (C=O) groups excluding carboxylic acids is 2. The van der Waals surface area contributed by atoms with Crippen molar-refractivity contribution in [2.75, 3.05) is 5.32 Å². The van der Waals surface area contributed by atoms with Gasteiger partial charge >= 0.3 is 6.03 Å². The van der Waals surface area contributed by atoms with Crippen LogP contribution in [0.25, 0.3) is 11.0 Å². The first-order chi connectivity index (χ1) is 15.9. The second-order valence-electron chi connectivity index (χ2n) is 7.18. The van der Waals surface area contributed by atoms with Gasteiger partial charge in [0.2, 0.25) is 0 Å². The van der Waals surface area contributed by atoms with Crippen LogP contribution in [0.5, 0.6) is 5.75 Å². The van der Waals surface area contributed by atoms with Crippen molar-refractivity contribution in [3.63, 3.8) is 0 Å². The molecule has 0 bridgehead atoms. The number of hydrazine groups is 1. The molecule has 0 fully saturated rings. The first-order valence-corrected chi connectivity index (χ1v) is 10.6. The van der Waals surface area contributed by atoms with Gasteiger partial charge in [0.15, 0.2) is 0 Å². The SMILES string of the molecule is Cc1ccc2nc(COc3ccc(C(=O)NNC(=O)Nc4ccc(Cl)c(Cl)c4)cc3)[nH]c2c1. The predicted molar refractivity (Wildman–Crippen MR) is 128 cm³/mol. The van der Waals surface area contributed by atoms with Gasteiger partial charge in [0.05, 0.1) is 21.1 Å². The number of aromatic amines is 1. The van der Waals surface area contributed by atoms with E-state index >= 15 is 0 Å². The number of urea groups is 1. The van der Waals surface area contributed by atoms with Crippen LogP contribution in [0, 0.1) is 6.92 Å². The Morgan fingerprint density at radius 1 is 0.970 bits per heavy atom. The molecule has 4 N–H and O–H groups in total. The van der Waals surface area contributed by atoms with Crippen LogP contribution < -0.4 is 20.9 Å². The molecule has 1 heterocycles. The molecule has 0 saturated heterocycles. The molecule has 0 spiro atoms. The van der Waals surface area contributed by atoms with Gasteiger partial charge < -0.3 is 15.0 Å². The monoisotopic (exact) mass is 483 g/mol. The van der Waals surface area contributed by atoms with E-state index in [9.17, 15) is 9.59 Å². The zero-order valence-corrected chi connectivity index (χ0v) is 18.9. The zero-order chi connectivity index (χ0) is 23.4. The number of aryl methyl sites for hydroxylation is 1. The van der Waals surface area contributed by atoms with Crippen molar-refractivity contribution in [2.45, 2.75) is 13.5 Å². The molecule has 0 unspecified atom stereocenters. The van der Waals surface area contributed by atoms with Crippen molar-refractivity contribution < 1.29 is 14.3 Å². The van der Waals surface area contributed by atoms with Crippen LogP contribution in [0.1, 0.15) is 21.7 Å². The van der Waals surface area contributed by atoms with Crippen molar-refractivity contribution in [2.24, 2.45) is 0 Å². The number of amides is 3. The minimum absolute atomic E-state index is 0.260. The molecule has 0 aliphatic heterocycles. The average Bonchev–Trinajstić information content (AvgIpc) is 3.21. The standard InChI is InChI=1S/C23H19Cl2N5O3/c1-13-2-9-19-20(10-13)28-21(27-19)12-33-16-6-3-14(4-7-16)22(31)29-30-23(32)26-15-5-8-17(24)18(25)11-15/h2-11H,12H2,1H3,(H,27,28)(H,29,31)(H2,26,30,32). The minimum atomic E-state index is -0.636. The van der Waals surface area contributed by atoms with Gasteiger partial charge in [-0.25, -0.2) is 15.2 Å². The molecule has 0 aliphatic rings. The molecular weight excluding hydrogens is 465 g/mol. The Morgan fingerprint density at radius 3 is 2.52 bits per heavy atom. The molecule has 0 aliphatic carbocycles. The number of nitrogens with one attached hydrogen (secondary N) is 4. The van der Waals surface area contributed by atoms with Crippen LogP contribution in [0.15, 0.2) is 60.7 Å². The topological polar surface area (TPSA) is 108 Å². The minimum Gasteiger partial charge on any atom is -0.486 e. The summed E-state index contributed by atoms with van der Waals surface area (Å²) in [6, 6.07) is 16.5. The van der Waals surface area contributed by atoms with Crippen LogP contribution in [0.2, 0.25) is 10.0 Å². The lowest BCUT2D eigenvalue weighted by Crippen LogP contribution is -2.43. The fourth-order valence-electron chi connectivity index (χ4n) is 3.02. The molecule has 10 heteroatoms. The lowest BCUT2D eigenvalue weighted by atomic mass is 10.2. The van der Waals surface area contributed by atoms with E-state index in [0.717, 1.165) is 16.6 Å². The van der Waals surface area contributed by atoms with Crippen LogP contribution in [0.4, 0.5) is 10.5 Å². The fraction of sp³-hybridized carbons (Fsp3) is 0.0870. The molecule has 1 aromatic heterocycles. The highest BCUT2D eigenvalue weighted by atomic mass is 35.5. The second-order valence-corrected chi connectivity index (χ2v) is 7.99. The average molecular weight is 484 g/mol. The molecule has 33 heavy (non-hydrogen) atoms. The van der Waals surface area contributed by atoms with E-state index in [1.807, 2.05) is 25.1 Å². The molecule has 168 valence electrons. The van der Waals surface area contributed by atoms with E-state index in [1.165, 1.54) is 6.07 Å². The maximum absolute atomic E-state index is 12.3. The normalized spacial score (nSPS) is 10.6. The van der Waals surface area contributed by atoms with Gasteiger partial charge in [0.1, 0.15) is 18.2 Å². The van der Waals surface area contributed by atoms with Gasteiger partial charge in [0.25, 0.3) is 5.91 Å². The van der Waals surface area contributed by atoms with E-state index in [-0.39, 0.29) is 6.61 Å². The first kappa shape index (κ1) is 22.4. The Balaban J connectivity index is 1.27. The predicted octanol–water partition coefficient (Wildman–Crippen LogP) is 5.22. The first-order valence-electron chi connectivity index (χ1n) is 9.88. The summed E-state index contributed by atoms with van der Waals surface area (Å²) in [5, 5.41) is 3.21. The van der Waals surface area contributed by atoms with E-state index in [0.29, 0.717) is 32.9 Å². The Kier molecular flexibility index (Phi) is 6.67. The number of ether oxygens (including phenoxy) is 1. The molecule has 8 nitrogen and oxygen atoms in total. The van der Waals surface area contributed by atoms with E-state index in [1.54, 1.807) is 36.4 Å². The van der Waals surface area contributed by atoms with Gasteiger partial charge in [-0.2, -0.15) is 0 Å². The van der Waals surface area contributed by atoms with Gasteiger partial charge in [-0.15, -0.1) is 0 Å². The Morgan fingerprint density at radius 2 is 1.76 bits per heavy atom. The smallest absolute Gasteiger partial charge is 0.337 e. The number of anilines is 1. The summed E-state index contributed by atoms with van der Waals surface area (Å²) in [6.07, 6.45) is 0. The Hall–Kier alpha value is -3.75. The number of aromatic nitrogens is 2. The van der Waals surface area contributed by atoms with Gasteiger partial charge in [-0.1, -0.05) is 29.3 Å². The molecular formula is C23H19Cl2N5O3. The summed E-state index contributed by atoms with van der Waals surface area (Å²) >= 11 is 11.8. The molecule has 4 aromatic rings. The maximum Gasteiger partial charge on any atom is 0.337 e. The third-order valence-corrected chi connectivity index (χ3v) is 5.38. The maximum atomic E-state index is 12.3.